The van der Waals surface area contributed by atoms with Gasteiger partial charge in [0.1, 0.15) is 11.8 Å². The van der Waals surface area contributed by atoms with Gasteiger partial charge in [0.25, 0.3) is 0 Å². The molecule has 0 aliphatic rings. The minimum Gasteiger partial charge on any atom is -0.480 e. The van der Waals surface area contributed by atoms with E-state index in [1.54, 1.807) is 19.2 Å². The van der Waals surface area contributed by atoms with Gasteiger partial charge in [-0.05, 0) is 19.2 Å². The number of carbonyl (C=O) groups is 1. The summed E-state index contributed by atoms with van der Waals surface area (Å²) in [7, 11) is 1.61. The molecule has 0 radical (unpaired) electrons. The zero-order chi connectivity index (χ0) is 8.97. The molecule has 1 atom stereocenters. The Morgan fingerprint density at radius 1 is 1.83 bits per heavy atom. The summed E-state index contributed by atoms with van der Waals surface area (Å²) in [6.07, 6.45) is 1.91. The average molecular weight is 169 g/mol. The van der Waals surface area contributed by atoms with Gasteiger partial charge in [0.05, 0.1) is 6.26 Å². The lowest BCUT2D eigenvalue weighted by atomic mass is 10.2. The third-order valence-electron chi connectivity index (χ3n) is 1.63. The highest BCUT2D eigenvalue weighted by Gasteiger charge is 2.16. The summed E-state index contributed by atoms with van der Waals surface area (Å²) < 4.78 is 5.01. The maximum absolute atomic E-state index is 10.6. The largest absolute Gasteiger partial charge is 0.480 e. The quantitative estimate of drug-likeness (QED) is 0.688. The van der Waals surface area contributed by atoms with Crippen LogP contribution in [0.1, 0.15) is 5.76 Å². The molecule has 12 heavy (non-hydrogen) atoms. The Kier molecular flexibility index (Phi) is 2.88. The third-order valence-corrected chi connectivity index (χ3v) is 1.63. The first-order valence-corrected chi connectivity index (χ1v) is 3.66. The highest BCUT2D eigenvalue weighted by molar-refractivity contribution is 5.73. The monoisotopic (exact) mass is 169 g/mol. The molecule has 1 heterocycles. The topological polar surface area (TPSA) is 62.5 Å². The normalized spacial score (nSPS) is 12.8. The van der Waals surface area contributed by atoms with Gasteiger partial charge in [-0.15, -0.1) is 0 Å². The number of carboxylic acids is 1. The lowest BCUT2D eigenvalue weighted by Gasteiger charge is -2.07. The van der Waals surface area contributed by atoms with E-state index in [2.05, 4.69) is 5.32 Å². The molecule has 0 saturated carbocycles. The summed E-state index contributed by atoms with van der Waals surface area (Å²) in [6.45, 7) is 0. The van der Waals surface area contributed by atoms with Gasteiger partial charge >= 0.3 is 5.97 Å². The molecule has 1 aromatic heterocycles. The van der Waals surface area contributed by atoms with Crippen molar-refractivity contribution in [1.29, 1.82) is 0 Å². The maximum atomic E-state index is 10.6. The molecule has 0 saturated heterocycles. The van der Waals surface area contributed by atoms with Crippen molar-refractivity contribution < 1.29 is 14.3 Å². The first-order valence-electron chi connectivity index (χ1n) is 3.66. The van der Waals surface area contributed by atoms with E-state index in [9.17, 15) is 4.79 Å². The van der Waals surface area contributed by atoms with Crippen molar-refractivity contribution in [2.45, 2.75) is 12.5 Å². The molecule has 0 aliphatic heterocycles. The Labute approximate surface area is 70.2 Å². The van der Waals surface area contributed by atoms with Crippen molar-refractivity contribution in [3.8, 4) is 0 Å². The van der Waals surface area contributed by atoms with Crippen molar-refractivity contribution in [3.05, 3.63) is 24.2 Å². The lowest BCUT2D eigenvalue weighted by Crippen LogP contribution is -2.35. The molecule has 1 aromatic rings. The second-order valence-corrected chi connectivity index (χ2v) is 2.46. The summed E-state index contributed by atoms with van der Waals surface area (Å²) >= 11 is 0. The van der Waals surface area contributed by atoms with Crippen LogP contribution in [0.5, 0.6) is 0 Å². The number of likely N-dealkylation sites (N-methyl/N-ethyl adjacent to an activating group) is 1. The number of rotatable bonds is 4. The predicted molar refractivity (Wildman–Crippen MR) is 42.9 cm³/mol. The third kappa shape index (κ3) is 2.10. The van der Waals surface area contributed by atoms with Crippen LogP contribution in [0.25, 0.3) is 0 Å². The number of furan rings is 1. The summed E-state index contributed by atoms with van der Waals surface area (Å²) in [5.74, 6) is -0.189. The number of aliphatic carboxylic acids is 1. The van der Waals surface area contributed by atoms with Crippen LogP contribution in [0.2, 0.25) is 0 Å². The van der Waals surface area contributed by atoms with E-state index in [4.69, 9.17) is 9.52 Å². The zero-order valence-corrected chi connectivity index (χ0v) is 6.78. The molecule has 0 aliphatic carbocycles. The van der Waals surface area contributed by atoms with E-state index in [-0.39, 0.29) is 0 Å². The van der Waals surface area contributed by atoms with Crippen molar-refractivity contribution in [3.63, 3.8) is 0 Å². The Bertz CT molecular complexity index is 243. The second kappa shape index (κ2) is 3.92. The fourth-order valence-corrected chi connectivity index (χ4v) is 0.943. The molecule has 0 aromatic carbocycles. The molecule has 1 rings (SSSR count). The van der Waals surface area contributed by atoms with Crippen LogP contribution >= 0.6 is 0 Å². The van der Waals surface area contributed by atoms with Crippen LogP contribution in [-0.4, -0.2) is 24.2 Å². The standard InChI is InChI=1S/C8H11NO3/c1-9-7(8(10)11)5-6-3-2-4-12-6/h2-4,7,9H,5H2,1H3,(H,10,11). The minimum absolute atomic E-state index is 0.374. The van der Waals surface area contributed by atoms with Gasteiger partial charge in [-0.2, -0.15) is 0 Å². The highest BCUT2D eigenvalue weighted by atomic mass is 16.4. The molecule has 66 valence electrons. The molecular weight excluding hydrogens is 158 g/mol. The fraction of sp³-hybridized carbons (Fsp3) is 0.375. The van der Waals surface area contributed by atoms with Gasteiger partial charge in [0.2, 0.25) is 0 Å². The number of nitrogens with one attached hydrogen (secondary N) is 1. The Morgan fingerprint density at radius 2 is 2.58 bits per heavy atom. The zero-order valence-electron chi connectivity index (χ0n) is 6.78. The summed E-state index contributed by atoms with van der Waals surface area (Å²) in [5.41, 5.74) is 0. The molecule has 4 nitrogen and oxygen atoms in total. The smallest absolute Gasteiger partial charge is 0.321 e. The molecule has 0 amide bonds. The van der Waals surface area contributed by atoms with Crippen molar-refractivity contribution in [2.75, 3.05) is 7.05 Å². The number of hydrogen-bond acceptors (Lipinski definition) is 3. The molecule has 2 N–H and O–H groups in total. The van der Waals surface area contributed by atoms with E-state index in [1.165, 1.54) is 6.26 Å². The van der Waals surface area contributed by atoms with Crippen LogP contribution < -0.4 is 5.32 Å². The van der Waals surface area contributed by atoms with E-state index in [0.717, 1.165) is 0 Å². The predicted octanol–water partition coefficient (Wildman–Crippen LogP) is 0.495. The van der Waals surface area contributed by atoms with Gasteiger partial charge in [0, 0.05) is 6.42 Å². The van der Waals surface area contributed by atoms with Gasteiger partial charge in [-0.1, -0.05) is 0 Å². The van der Waals surface area contributed by atoms with Crippen LogP contribution in [0.15, 0.2) is 22.8 Å². The second-order valence-electron chi connectivity index (χ2n) is 2.46. The lowest BCUT2D eigenvalue weighted by molar-refractivity contribution is -0.139. The van der Waals surface area contributed by atoms with Crippen molar-refractivity contribution in [1.82, 2.24) is 5.32 Å². The highest BCUT2D eigenvalue weighted by Crippen LogP contribution is 2.03. The first-order chi connectivity index (χ1) is 5.74. The fourth-order valence-electron chi connectivity index (χ4n) is 0.943. The molecule has 0 spiro atoms. The van der Waals surface area contributed by atoms with Crippen molar-refractivity contribution in [2.24, 2.45) is 0 Å². The van der Waals surface area contributed by atoms with E-state index in [1.807, 2.05) is 0 Å². The van der Waals surface area contributed by atoms with Gasteiger partial charge in [-0.25, -0.2) is 0 Å². The molecule has 4 heteroatoms. The number of carboxylic acid groups (broad SMARTS) is 1. The average Bonchev–Trinajstić information content (AvgIpc) is 2.51. The van der Waals surface area contributed by atoms with E-state index < -0.39 is 12.0 Å². The Morgan fingerprint density at radius 3 is 3.00 bits per heavy atom. The molecule has 1 unspecified atom stereocenters. The van der Waals surface area contributed by atoms with Gasteiger partial charge in [0.15, 0.2) is 0 Å². The first kappa shape index (κ1) is 8.80. The van der Waals surface area contributed by atoms with Gasteiger partial charge in [-0.3, -0.25) is 4.79 Å². The SMILES string of the molecule is CNC(Cc1ccco1)C(=O)O. The van der Waals surface area contributed by atoms with Crippen molar-refractivity contribution >= 4 is 5.97 Å². The van der Waals surface area contributed by atoms with Crippen LogP contribution in [0.3, 0.4) is 0 Å². The van der Waals surface area contributed by atoms with Crippen LogP contribution in [0, 0.1) is 0 Å². The maximum Gasteiger partial charge on any atom is 0.321 e. The Hall–Kier alpha value is -1.29. The van der Waals surface area contributed by atoms with Crippen LogP contribution in [-0.2, 0) is 11.2 Å². The molecule has 0 fully saturated rings. The summed E-state index contributed by atoms with van der Waals surface area (Å²) in [5, 5.41) is 11.3. The Balaban J connectivity index is 2.54. The summed E-state index contributed by atoms with van der Waals surface area (Å²) in [6, 6.07) is 2.92. The van der Waals surface area contributed by atoms with Crippen LogP contribution in [0.4, 0.5) is 0 Å². The van der Waals surface area contributed by atoms with E-state index >= 15 is 0 Å². The van der Waals surface area contributed by atoms with E-state index in [0.29, 0.717) is 12.2 Å². The minimum atomic E-state index is -0.867. The summed E-state index contributed by atoms with van der Waals surface area (Å²) in [4.78, 5) is 10.6. The van der Waals surface area contributed by atoms with Gasteiger partial charge < -0.3 is 14.8 Å². The molecular formula is C8H11NO3. The molecule has 0 bridgehead atoms. The number of hydrogen-bond donors (Lipinski definition) is 2.